The lowest BCUT2D eigenvalue weighted by Crippen LogP contribution is -2.12. The van der Waals surface area contributed by atoms with E-state index < -0.39 is 0 Å². The summed E-state index contributed by atoms with van der Waals surface area (Å²) in [6.07, 6.45) is 1.55. The van der Waals surface area contributed by atoms with Crippen molar-refractivity contribution < 1.29 is 14.3 Å². The van der Waals surface area contributed by atoms with Crippen LogP contribution in [0.2, 0.25) is 0 Å². The summed E-state index contributed by atoms with van der Waals surface area (Å²) >= 11 is 0. The molecular weight excluding hydrogens is 316 g/mol. The molecule has 0 saturated carbocycles. The van der Waals surface area contributed by atoms with Gasteiger partial charge in [0.2, 0.25) is 5.88 Å². The van der Waals surface area contributed by atoms with E-state index in [1.165, 1.54) is 0 Å². The zero-order valence-corrected chi connectivity index (χ0v) is 13.8. The number of nitrogens with one attached hydrogen (secondary N) is 1. The van der Waals surface area contributed by atoms with E-state index in [2.05, 4.69) is 10.3 Å². The predicted molar refractivity (Wildman–Crippen MR) is 96.0 cm³/mol. The Morgan fingerprint density at radius 2 is 1.76 bits per heavy atom. The van der Waals surface area contributed by atoms with Gasteiger partial charge in [0.05, 0.1) is 19.0 Å². The molecule has 25 heavy (non-hydrogen) atoms. The van der Waals surface area contributed by atoms with E-state index in [1.807, 2.05) is 30.3 Å². The molecule has 126 valence electrons. The van der Waals surface area contributed by atoms with Gasteiger partial charge in [-0.05, 0) is 35.9 Å². The van der Waals surface area contributed by atoms with Gasteiger partial charge in [0, 0.05) is 11.6 Å². The van der Waals surface area contributed by atoms with Crippen LogP contribution in [0.15, 0.2) is 72.9 Å². The third kappa shape index (κ3) is 4.57. The minimum Gasteiger partial charge on any atom is -0.489 e. The van der Waals surface area contributed by atoms with Gasteiger partial charge in [-0.25, -0.2) is 4.98 Å². The standard InChI is InChI=1S/C20H18N2O3/c1-24-19-12-9-17(13-21-19)22-20(23)16-7-10-18(11-8-16)25-14-15-5-3-2-4-6-15/h2-13H,14H2,1H3,(H,22,23). The third-order valence-corrected chi connectivity index (χ3v) is 3.57. The number of amides is 1. The molecule has 0 unspecified atom stereocenters. The molecule has 3 aromatic rings. The van der Waals surface area contributed by atoms with Crippen molar-refractivity contribution in [1.29, 1.82) is 0 Å². The molecule has 5 nitrogen and oxygen atoms in total. The molecule has 0 radical (unpaired) electrons. The van der Waals surface area contributed by atoms with Crippen molar-refractivity contribution in [2.45, 2.75) is 6.61 Å². The molecule has 0 spiro atoms. The van der Waals surface area contributed by atoms with Crippen LogP contribution in [-0.2, 0) is 6.61 Å². The quantitative estimate of drug-likeness (QED) is 0.742. The Balaban J connectivity index is 1.58. The number of anilines is 1. The van der Waals surface area contributed by atoms with Gasteiger partial charge in [-0.2, -0.15) is 0 Å². The Kier molecular flexibility index (Phi) is 5.26. The highest BCUT2D eigenvalue weighted by molar-refractivity contribution is 6.04. The van der Waals surface area contributed by atoms with Gasteiger partial charge in [-0.1, -0.05) is 30.3 Å². The zero-order valence-electron chi connectivity index (χ0n) is 13.8. The topological polar surface area (TPSA) is 60.5 Å². The number of hydrogen-bond donors (Lipinski definition) is 1. The van der Waals surface area contributed by atoms with Crippen LogP contribution in [0, 0.1) is 0 Å². The Morgan fingerprint density at radius 3 is 2.40 bits per heavy atom. The van der Waals surface area contributed by atoms with Crippen molar-refractivity contribution in [2.75, 3.05) is 12.4 Å². The highest BCUT2D eigenvalue weighted by Crippen LogP contribution is 2.16. The number of carbonyl (C=O) groups is 1. The summed E-state index contributed by atoms with van der Waals surface area (Å²) in [5.41, 5.74) is 2.24. The van der Waals surface area contributed by atoms with Crippen LogP contribution >= 0.6 is 0 Å². The second kappa shape index (κ2) is 7.97. The number of ether oxygens (including phenoxy) is 2. The van der Waals surface area contributed by atoms with Gasteiger partial charge in [-0.3, -0.25) is 4.79 Å². The third-order valence-electron chi connectivity index (χ3n) is 3.57. The maximum atomic E-state index is 12.2. The number of aromatic nitrogens is 1. The normalized spacial score (nSPS) is 10.1. The van der Waals surface area contributed by atoms with Crippen LogP contribution in [0.4, 0.5) is 5.69 Å². The zero-order chi connectivity index (χ0) is 17.5. The number of nitrogens with zero attached hydrogens (tertiary/aromatic N) is 1. The van der Waals surface area contributed by atoms with E-state index in [0.717, 1.165) is 5.56 Å². The lowest BCUT2D eigenvalue weighted by Gasteiger charge is -2.08. The van der Waals surface area contributed by atoms with Gasteiger partial charge in [0.15, 0.2) is 0 Å². The average molecular weight is 334 g/mol. The molecule has 1 heterocycles. The number of benzene rings is 2. The minimum absolute atomic E-state index is 0.207. The van der Waals surface area contributed by atoms with Crippen LogP contribution in [0.1, 0.15) is 15.9 Å². The largest absolute Gasteiger partial charge is 0.489 e. The first-order chi connectivity index (χ1) is 12.2. The van der Waals surface area contributed by atoms with Crippen LogP contribution in [0.5, 0.6) is 11.6 Å². The first kappa shape index (κ1) is 16.5. The first-order valence-corrected chi connectivity index (χ1v) is 7.83. The summed E-state index contributed by atoms with van der Waals surface area (Å²) in [5.74, 6) is 1.01. The molecular formula is C20H18N2O3. The van der Waals surface area contributed by atoms with Crippen molar-refractivity contribution in [2.24, 2.45) is 0 Å². The summed E-state index contributed by atoms with van der Waals surface area (Å²) in [7, 11) is 1.54. The smallest absolute Gasteiger partial charge is 0.255 e. The maximum Gasteiger partial charge on any atom is 0.255 e. The van der Waals surface area contributed by atoms with E-state index in [9.17, 15) is 4.79 Å². The van der Waals surface area contributed by atoms with Crippen LogP contribution in [0.25, 0.3) is 0 Å². The van der Waals surface area contributed by atoms with Crippen LogP contribution in [-0.4, -0.2) is 18.0 Å². The van der Waals surface area contributed by atoms with E-state index in [4.69, 9.17) is 9.47 Å². The molecule has 1 amide bonds. The second-order valence-corrected chi connectivity index (χ2v) is 5.34. The van der Waals surface area contributed by atoms with Gasteiger partial charge in [0.1, 0.15) is 12.4 Å². The molecule has 0 aliphatic carbocycles. The van der Waals surface area contributed by atoms with Crippen molar-refractivity contribution in [3.8, 4) is 11.6 Å². The fourth-order valence-electron chi connectivity index (χ4n) is 2.22. The fraction of sp³-hybridized carbons (Fsp3) is 0.100. The number of rotatable bonds is 6. The first-order valence-electron chi connectivity index (χ1n) is 7.83. The van der Waals surface area contributed by atoms with E-state index in [0.29, 0.717) is 29.5 Å². The molecule has 3 rings (SSSR count). The van der Waals surface area contributed by atoms with Gasteiger partial charge in [-0.15, -0.1) is 0 Å². The Morgan fingerprint density at radius 1 is 1.00 bits per heavy atom. The van der Waals surface area contributed by atoms with E-state index in [1.54, 1.807) is 49.7 Å². The molecule has 0 bridgehead atoms. The number of hydrogen-bond acceptors (Lipinski definition) is 4. The molecule has 5 heteroatoms. The van der Waals surface area contributed by atoms with Crippen molar-refractivity contribution in [3.05, 3.63) is 84.1 Å². The lowest BCUT2D eigenvalue weighted by molar-refractivity contribution is 0.102. The molecule has 0 aliphatic heterocycles. The average Bonchev–Trinajstić information content (AvgIpc) is 2.68. The molecule has 0 aliphatic rings. The Bertz CT molecular complexity index is 816. The highest BCUT2D eigenvalue weighted by atomic mass is 16.5. The van der Waals surface area contributed by atoms with Crippen molar-refractivity contribution in [3.63, 3.8) is 0 Å². The van der Waals surface area contributed by atoms with Crippen LogP contribution < -0.4 is 14.8 Å². The number of carbonyl (C=O) groups excluding carboxylic acids is 1. The Labute approximate surface area is 146 Å². The molecule has 0 saturated heterocycles. The Hall–Kier alpha value is -3.34. The monoisotopic (exact) mass is 334 g/mol. The maximum absolute atomic E-state index is 12.2. The lowest BCUT2D eigenvalue weighted by atomic mass is 10.2. The van der Waals surface area contributed by atoms with Crippen molar-refractivity contribution in [1.82, 2.24) is 4.98 Å². The predicted octanol–water partition coefficient (Wildman–Crippen LogP) is 3.92. The van der Waals surface area contributed by atoms with Gasteiger partial charge >= 0.3 is 0 Å². The summed E-state index contributed by atoms with van der Waals surface area (Å²) in [6.45, 7) is 0.490. The molecule has 0 fully saturated rings. The minimum atomic E-state index is -0.207. The second-order valence-electron chi connectivity index (χ2n) is 5.34. The van der Waals surface area contributed by atoms with E-state index >= 15 is 0 Å². The highest BCUT2D eigenvalue weighted by Gasteiger charge is 2.07. The summed E-state index contributed by atoms with van der Waals surface area (Å²) in [4.78, 5) is 16.3. The van der Waals surface area contributed by atoms with Gasteiger partial charge in [0.25, 0.3) is 5.91 Å². The molecule has 1 N–H and O–H groups in total. The molecule has 1 aromatic heterocycles. The fourth-order valence-corrected chi connectivity index (χ4v) is 2.22. The molecule has 2 aromatic carbocycles. The van der Waals surface area contributed by atoms with Gasteiger partial charge < -0.3 is 14.8 Å². The van der Waals surface area contributed by atoms with E-state index in [-0.39, 0.29) is 5.91 Å². The van der Waals surface area contributed by atoms with Crippen molar-refractivity contribution >= 4 is 11.6 Å². The summed E-state index contributed by atoms with van der Waals surface area (Å²) in [6, 6.07) is 20.4. The summed E-state index contributed by atoms with van der Waals surface area (Å²) in [5, 5.41) is 2.79. The number of methoxy groups -OCH3 is 1. The van der Waals surface area contributed by atoms with Crippen LogP contribution in [0.3, 0.4) is 0 Å². The molecule has 0 atom stereocenters. The number of pyridine rings is 1. The summed E-state index contributed by atoms with van der Waals surface area (Å²) < 4.78 is 10.7. The SMILES string of the molecule is COc1ccc(NC(=O)c2ccc(OCc3ccccc3)cc2)cn1.